The molecule has 1 aliphatic carbocycles. The molecule has 0 bridgehead atoms. The van der Waals surface area contributed by atoms with Gasteiger partial charge < -0.3 is 5.11 Å². The van der Waals surface area contributed by atoms with E-state index in [-0.39, 0.29) is 11.4 Å². The number of thioether (sulfide) groups is 1. The number of aryl methyl sites for hydroxylation is 2. The number of aliphatic hydroxyl groups excluding tert-OH is 1. The van der Waals surface area contributed by atoms with Crippen LogP contribution < -0.4 is 0 Å². The van der Waals surface area contributed by atoms with Crippen LogP contribution in [0.25, 0.3) is 0 Å². The number of rotatable bonds is 2. The zero-order valence-electron chi connectivity index (χ0n) is 9.10. The lowest BCUT2D eigenvalue weighted by Crippen LogP contribution is -2.15. The highest BCUT2D eigenvalue weighted by atomic mass is 32.2. The summed E-state index contributed by atoms with van der Waals surface area (Å²) in [7, 11) is 0. The van der Waals surface area contributed by atoms with Gasteiger partial charge in [0.15, 0.2) is 5.16 Å². The smallest absolute Gasteiger partial charge is 0.188 e. The van der Waals surface area contributed by atoms with Crippen molar-refractivity contribution in [3.8, 4) is 0 Å². The molecule has 4 heteroatoms. The molecule has 0 radical (unpaired) electrons. The Hall–Kier alpha value is -0.610. The van der Waals surface area contributed by atoms with E-state index in [1.165, 1.54) is 0 Å². The van der Waals surface area contributed by atoms with Crippen LogP contribution >= 0.6 is 11.8 Å². The minimum absolute atomic E-state index is 0.181. The summed E-state index contributed by atoms with van der Waals surface area (Å²) in [6, 6.07) is 1.97. The Labute approximate surface area is 94.3 Å². The van der Waals surface area contributed by atoms with Gasteiger partial charge in [-0.1, -0.05) is 11.8 Å². The highest BCUT2D eigenvalue weighted by molar-refractivity contribution is 7.99. The molecule has 1 aromatic heterocycles. The van der Waals surface area contributed by atoms with E-state index in [1.54, 1.807) is 11.8 Å². The maximum absolute atomic E-state index is 9.71. The highest BCUT2D eigenvalue weighted by Gasteiger charge is 2.26. The fraction of sp³-hybridized carbons (Fsp3) is 0.636. The van der Waals surface area contributed by atoms with Crippen molar-refractivity contribution in [3.05, 3.63) is 17.5 Å². The zero-order valence-corrected chi connectivity index (χ0v) is 9.92. The molecule has 1 aliphatic rings. The van der Waals surface area contributed by atoms with Gasteiger partial charge in [0.2, 0.25) is 0 Å². The second-order valence-electron chi connectivity index (χ2n) is 4.09. The monoisotopic (exact) mass is 224 g/mol. The summed E-state index contributed by atoms with van der Waals surface area (Å²) in [5.74, 6) is 0. The van der Waals surface area contributed by atoms with E-state index < -0.39 is 0 Å². The van der Waals surface area contributed by atoms with Crippen molar-refractivity contribution in [1.82, 2.24) is 9.97 Å². The molecule has 2 atom stereocenters. The van der Waals surface area contributed by atoms with Gasteiger partial charge in [0.05, 0.1) is 6.10 Å². The minimum Gasteiger partial charge on any atom is -0.392 e. The fourth-order valence-electron chi connectivity index (χ4n) is 1.93. The molecule has 1 fully saturated rings. The predicted octanol–water partition coefficient (Wildman–Crippen LogP) is 2.10. The third-order valence-electron chi connectivity index (χ3n) is 2.64. The van der Waals surface area contributed by atoms with Gasteiger partial charge in [-0.3, -0.25) is 0 Å². The molecule has 15 heavy (non-hydrogen) atoms. The summed E-state index contributed by atoms with van der Waals surface area (Å²) in [4.78, 5) is 8.75. The van der Waals surface area contributed by atoms with Gasteiger partial charge in [-0.25, -0.2) is 9.97 Å². The van der Waals surface area contributed by atoms with E-state index in [9.17, 15) is 5.11 Å². The first-order valence-corrected chi connectivity index (χ1v) is 6.20. The lowest BCUT2D eigenvalue weighted by atomic mass is 10.3. The van der Waals surface area contributed by atoms with Crippen molar-refractivity contribution in [2.75, 3.05) is 0 Å². The first kappa shape index (κ1) is 10.9. The molecule has 2 unspecified atom stereocenters. The van der Waals surface area contributed by atoms with E-state index in [2.05, 4.69) is 9.97 Å². The number of hydrogen-bond donors (Lipinski definition) is 1. The number of aliphatic hydroxyl groups is 1. The standard InChI is InChI=1S/C11H16N2OS/c1-7-6-8(2)13-11(12-7)15-10-5-3-4-9(10)14/h6,9-10,14H,3-5H2,1-2H3. The molecule has 1 heterocycles. The normalized spacial score (nSPS) is 25.8. The van der Waals surface area contributed by atoms with Crippen LogP contribution in [0.15, 0.2) is 11.2 Å². The Balaban J connectivity index is 2.10. The minimum atomic E-state index is -0.181. The molecular weight excluding hydrogens is 208 g/mol. The Kier molecular flexibility index (Phi) is 3.26. The molecule has 0 aliphatic heterocycles. The van der Waals surface area contributed by atoms with Crippen molar-refractivity contribution in [2.24, 2.45) is 0 Å². The SMILES string of the molecule is Cc1cc(C)nc(SC2CCCC2O)n1. The van der Waals surface area contributed by atoms with E-state index in [0.717, 1.165) is 35.8 Å². The van der Waals surface area contributed by atoms with Gasteiger partial charge in [-0.15, -0.1) is 0 Å². The molecule has 82 valence electrons. The number of hydrogen-bond acceptors (Lipinski definition) is 4. The third kappa shape index (κ3) is 2.69. The van der Waals surface area contributed by atoms with Crippen LogP contribution in [0.1, 0.15) is 30.7 Å². The number of aromatic nitrogens is 2. The predicted molar refractivity (Wildman–Crippen MR) is 61.0 cm³/mol. The Bertz CT molecular complexity index is 336. The second-order valence-corrected chi connectivity index (χ2v) is 5.29. The van der Waals surface area contributed by atoms with Gasteiger partial charge in [0.25, 0.3) is 0 Å². The maximum Gasteiger partial charge on any atom is 0.188 e. The molecule has 0 spiro atoms. The van der Waals surface area contributed by atoms with Gasteiger partial charge in [-0.05, 0) is 39.2 Å². The summed E-state index contributed by atoms with van der Waals surface area (Å²) in [5.41, 5.74) is 2.00. The van der Waals surface area contributed by atoms with Crippen molar-refractivity contribution < 1.29 is 5.11 Å². The van der Waals surface area contributed by atoms with Crippen LogP contribution in [0.3, 0.4) is 0 Å². The first-order chi connectivity index (χ1) is 7.15. The Morgan fingerprint density at radius 3 is 2.47 bits per heavy atom. The molecule has 0 saturated heterocycles. The summed E-state index contributed by atoms with van der Waals surface area (Å²) in [5, 5.41) is 10.8. The topological polar surface area (TPSA) is 46.0 Å². The van der Waals surface area contributed by atoms with Crippen LogP contribution in [0, 0.1) is 13.8 Å². The summed E-state index contributed by atoms with van der Waals surface area (Å²) in [6.07, 6.45) is 2.92. The Morgan fingerprint density at radius 1 is 1.27 bits per heavy atom. The van der Waals surface area contributed by atoms with E-state index >= 15 is 0 Å². The van der Waals surface area contributed by atoms with E-state index in [0.29, 0.717) is 0 Å². The fourth-order valence-corrected chi connectivity index (χ4v) is 3.17. The first-order valence-electron chi connectivity index (χ1n) is 5.32. The lowest BCUT2D eigenvalue weighted by molar-refractivity contribution is 0.188. The third-order valence-corrected chi connectivity index (χ3v) is 3.88. The molecule has 1 saturated carbocycles. The van der Waals surface area contributed by atoms with Gasteiger partial charge in [0.1, 0.15) is 0 Å². The van der Waals surface area contributed by atoms with Crippen molar-refractivity contribution in [1.29, 1.82) is 0 Å². The van der Waals surface area contributed by atoms with Crippen LogP contribution in [-0.4, -0.2) is 26.4 Å². The molecule has 1 N–H and O–H groups in total. The van der Waals surface area contributed by atoms with Crippen LogP contribution in [0.4, 0.5) is 0 Å². The zero-order chi connectivity index (χ0) is 10.8. The van der Waals surface area contributed by atoms with Gasteiger partial charge >= 0.3 is 0 Å². The van der Waals surface area contributed by atoms with Gasteiger partial charge in [-0.2, -0.15) is 0 Å². The molecule has 2 rings (SSSR count). The summed E-state index contributed by atoms with van der Waals surface area (Å²) >= 11 is 1.62. The molecule has 3 nitrogen and oxygen atoms in total. The summed E-state index contributed by atoms with van der Waals surface area (Å²) < 4.78 is 0. The maximum atomic E-state index is 9.71. The molecule has 0 amide bonds. The van der Waals surface area contributed by atoms with E-state index in [1.807, 2.05) is 19.9 Å². The largest absolute Gasteiger partial charge is 0.392 e. The van der Waals surface area contributed by atoms with Crippen molar-refractivity contribution >= 4 is 11.8 Å². The Morgan fingerprint density at radius 2 is 1.93 bits per heavy atom. The quantitative estimate of drug-likeness (QED) is 0.781. The molecule has 0 aromatic carbocycles. The molecule has 1 aromatic rings. The van der Waals surface area contributed by atoms with Crippen LogP contribution in [-0.2, 0) is 0 Å². The van der Waals surface area contributed by atoms with Crippen LogP contribution in [0.2, 0.25) is 0 Å². The molecular formula is C11H16N2OS. The average molecular weight is 224 g/mol. The lowest BCUT2D eigenvalue weighted by Gasteiger charge is -2.12. The average Bonchev–Trinajstić information content (AvgIpc) is 2.50. The second kappa shape index (κ2) is 4.49. The van der Waals surface area contributed by atoms with E-state index in [4.69, 9.17) is 0 Å². The van der Waals surface area contributed by atoms with Gasteiger partial charge in [0, 0.05) is 16.6 Å². The highest BCUT2D eigenvalue weighted by Crippen LogP contribution is 2.33. The van der Waals surface area contributed by atoms with Crippen molar-refractivity contribution in [3.63, 3.8) is 0 Å². The van der Waals surface area contributed by atoms with Crippen molar-refractivity contribution in [2.45, 2.75) is 49.6 Å². The van der Waals surface area contributed by atoms with Crippen LogP contribution in [0.5, 0.6) is 0 Å². The summed E-state index contributed by atoms with van der Waals surface area (Å²) in [6.45, 7) is 3.95. The number of nitrogens with zero attached hydrogens (tertiary/aromatic N) is 2.